The van der Waals surface area contributed by atoms with Crippen molar-refractivity contribution in [2.24, 2.45) is 0 Å². The van der Waals surface area contributed by atoms with Crippen molar-refractivity contribution in [3.05, 3.63) is 48.2 Å². The SMILES string of the molecule is CC(C)(C)OC(=O)Nc1ccc(-c2cccc(C(=O)O)c2)cn1. The number of pyridine rings is 1. The molecule has 2 N–H and O–H groups in total. The van der Waals surface area contributed by atoms with Crippen LogP contribution in [0.1, 0.15) is 31.1 Å². The number of aromatic nitrogens is 1. The number of carbonyl (C=O) groups excluding carboxylic acids is 1. The quantitative estimate of drug-likeness (QED) is 0.899. The van der Waals surface area contributed by atoms with Crippen molar-refractivity contribution in [1.29, 1.82) is 0 Å². The summed E-state index contributed by atoms with van der Waals surface area (Å²) < 4.78 is 5.14. The molecule has 2 rings (SSSR count). The Morgan fingerprint density at radius 3 is 2.43 bits per heavy atom. The van der Waals surface area contributed by atoms with Gasteiger partial charge in [0.15, 0.2) is 0 Å². The van der Waals surface area contributed by atoms with Crippen LogP contribution >= 0.6 is 0 Å². The molecule has 1 heterocycles. The number of hydrogen-bond donors (Lipinski definition) is 2. The number of nitrogens with zero attached hydrogens (tertiary/aromatic N) is 1. The van der Waals surface area contributed by atoms with Gasteiger partial charge in [-0.2, -0.15) is 0 Å². The van der Waals surface area contributed by atoms with Gasteiger partial charge in [-0.3, -0.25) is 5.32 Å². The molecule has 0 unspecified atom stereocenters. The molecule has 6 heteroatoms. The van der Waals surface area contributed by atoms with Gasteiger partial charge in [-0.25, -0.2) is 14.6 Å². The molecule has 0 atom stereocenters. The molecule has 1 aromatic heterocycles. The number of ether oxygens (including phenoxy) is 1. The fourth-order valence-corrected chi connectivity index (χ4v) is 1.88. The van der Waals surface area contributed by atoms with E-state index in [0.29, 0.717) is 5.82 Å². The zero-order valence-corrected chi connectivity index (χ0v) is 13.2. The first-order valence-corrected chi connectivity index (χ1v) is 7.04. The van der Waals surface area contributed by atoms with Gasteiger partial charge in [0.2, 0.25) is 0 Å². The van der Waals surface area contributed by atoms with Crippen LogP contribution in [-0.2, 0) is 4.74 Å². The summed E-state index contributed by atoms with van der Waals surface area (Å²) in [7, 11) is 0. The molecule has 0 aliphatic rings. The van der Waals surface area contributed by atoms with Gasteiger partial charge in [0.05, 0.1) is 5.56 Å². The van der Waals surface area contributed by atoms with Gasteiger partial charge >= 0.3 is 12.1 Å². The lowest BCUT2D eigenvalue weighted by Gasteiger charge is -2.19. The highest BCUT2D eigenvalue weighted by atomic mass is 16.6. The number of carbonyl (C=O) groups is 2. The second-order valence-electron chi connectivity index (χ2n) is 5.94. The third kappa shape index (κ3) is 4.81. The lowest BCUT2D eigenvalue weighted by Crippen LogP contribution is -2.27. The minimum absolute atomic E-state index is 0.207. The smallest absolute Gasteiger partial charge is 0.413 e. The largest absolute Gasteiger partial charge is 0.478 e. The molecular weight excluding hydrogens is 296 g/mol. The Kier molecular flexibility index (Phi) is 4.64. The van der Waals surface area contributed by atoms with Crippen molar-refractivity contribution >= 4 is 17.9 Å². The Morgan fingerprint density at radius 1 is 1.13 bits per heavy atom. The predicted molar refractivity (Wildman–Crippen MR) is 86.5 cm³/mol. The summed E-state index contributed by atoms with van der Waals surface area (Å²) in [5.74, 6) is -0.625. The van der Waals surface area contributed by atoms with E-state index in [9.17, 15) is 9.59 Å². The number of aromatic carboxylic acids is 1. The summed E-state index contributed by atoms with van der Waals surface area (Å²) in [6.45, 7) is 5.33. The number of hydrogen-bond acceptors (Lipinski definition) is 4. The maximum atomic E-state index is 11.7. The summed E-state index contributed by atoms with van der Waals surface area (Å²) in [6.07, 6.45) is 0.985. The number of amides is 1. The van der Waals surface area contributed by atoms with Gasteiger partial charge in [0.25, 0.3) is 0 Å². The molecule has 0 fully saturated rings. The van der Waals surface area contributed by atoms with Gasteiger partial charge in [0, 0.05) is 11.8 Å². The van der Waals surface area contributed by atoms with Crippen LogP contribution < -0.4 is 5.32 Å². The van der Waals surface area contributed by atoms with Gasteiger partial charge in [-0.05, 0) is 50.6 Å². The number of carboxylic acid groups (broad SMARTS) is 1. The highest BCUT2D eigenvalue weighted by molar-refractivity contribution is 5.89. The Morgan fingerprint density at radius 2 is 1.87 bits per heavy atom. The first-order chi connectivity index (χ1) is 10.7. The molecule has 0 radical (unpaired) electrons. The number of carboxylic acids is 1. The molecule has 23 heavy (non-hydrogen) atoms. The molecule has 0 saturated carbocycles. The van der Waals surface area contributed by atoms with Gasteiger partial charge < -0.3 is 9.84 Å². The van der Waals surface area contributed by atoms with Gasteiger partial charge in [-0.15, -0.1) is 0 Å². The first-order valence-electron chi connectivity index (χ1n) is 7.04. The van der Waals surface area contributed by atoms with Crippen LogP contribution in [0, 0.1) is 0 Å². The van der Waals surface area contributed by atoms with Gasteiger partial charge in [-0.1, -0.05) is 12.1 Å². The minimum atomic E-state index is -0.983. The lowest BCUT2D eigenvalue weighted by atomic mass is 10.0. The summed E-state index contributed by atoms with van der Waals surface area (Å²) in [5.41, 5.74) is 1.11. The fourth-order valence-electron chi connectivity index (χ4n) is 1.88. The second-order valence-corrected chi connectivity index (χ2v) is 5.94. The molecule has 6 nitrogen and oxygen atoms in total. The molecular formula is C17H18N2O4. The number of nitrogens with one attached hydrogen (secondary N) is 1. The van der Waals surface area contributed by atoms with E-state index < -0.39 is 17.7 Å². The van der Waals surface area contributed by atoms with E-state index in [1.807, 2.05) is 0 Å². The monoisotopic (exact) mass is 314 g/mol. The van der Waals surface area contributed by atoms with Crippen LogP contribution in [0.3, 0.4) is 0 Å². The molecule has 1 amide bonds. The standard InChI is InChI=1S/C17H18N2O4/c1-17(2,3)23-16(22)19-14-8-7-13(10-18-14)11-5-4-6-12(9-11)15(20)21/h4-10H,1-3H3,(H,20,21)(H,18,19,22). The highest BCUT2D eigenvalue weighted by Gasteiger charge is 2.16. The zero-order chi connectivity index (χ0) is 17.0. The fraction of sp³-hybridized carbons (Fsp3) is 0.235. The summed E-state index contributed by atoms with van der Waals surface area (Å²) in [4.78, 5) is 26.8. The molecule has 0 bridgehead atoms. The Bertz CT molecular complexity index is 718. The van der Waals surface area contributed by atoms with E-state index in [1.54, 1.807) is 57.3 Å². The second kappa shape index (κ2) is 6.48. The third-order valence-electron chi connectivity index (χ3n) is 2.84. The Labute approximate surface area is 134 Å². The molecule has 0 aliphatic carbocycles. The molecule has 1 aromatic carbocycles. The maximum Gasteiger partial charge on any atom is 0.413 e. The van der Waals surface area contributed by atoms with E-state index in [1.165, 1.54) is 6.07 Å². The lowest BCUT2D eigenvalue weighted by molar-refractivity contribution is 0.0633. The number of benzene rings is 1. The minimum Gasteiger partial charge on any atom is -0.478 e. The van der Waals surface area contributed by atoms with Crippen molar-refractivity contribution < 1.29 is 19.4 Å². The molecule has 2 aromatic rings. The summed E-state index contributed by atoms with van der Waals surface area (Å²) in [6, 6.07) is 9.95. The number of rotatable bonds is 3. The average molecular weight is 314 g/mol. The normalized spacial score (nSPS) is 10.9. The van der Waals surface area contributed by atoms with Crippen LogP contribution in [0.2, 0.25) is 0 Å². The van der Waals surface area contributed by atoms with Crippen LogP contribution in [0.4, 0.5) is 10.6 Å². The van der Waals surface area contributed by atoms with Crippen molar-refractivity contribution in [2.75, 3.05) is 5.32 Å². The van der Waals surface area contributed by atoms with E-state index in [0.717, 1.165) is 11.1 Å². The predicted octanol–water partition coefficient (Wildman–Crippen LogP) is 3.79. The Balaban J connectivity index is 2.12. The Hall–Kier alpha value is -2.89. The van der Waals surface area contributed by atoms with Crippen molar-refractivity contribution in [2.45, 2.75) is 26.4 Å². The van der Waals surface area contributed by atoms with E-state index in [-0.39, 0.29) is 5.56 Å². The molecule has 120 valence electrons. The third-order valence-corrected chi connectivity index (χ3v) is 2.84. The first kappa shape index (κ1) is 16.5. The van der Waals surface area contributed by atoms with Crippen LogP contribution in [0.25, 0.3) is 11.1 Å². The molecule has 0 saturated heterocycles. The van der Waals surface area contributed by atoms with Gasteiger partial charge in [0.1, 0.15) is 11.4 Å². The topological polar surface area (TPSA) is 88.5 Å². The van der Waals surface area contributed by atoms with Crippen molar-refractivity contribution in [1.82, 2.24) is 4.98 Å². The summed E-state index contributed by atoms with van der Waals surface area (Å²) in [5, 5.41) is 11.6. The molecule has 0 spiro atoms. The average Bonchev–Trinajstić information content (AvgIpc) is 2.46. The maximum absolute atomic E-state index is 11.7. The van der Waals surface area contributed by atoms with Crippen LogP contribution in [0.15, 0.2) is 42.6 Å². The number of anilines is 1. The molecule has 0 aliphatic heterocycles. The van der Waals surface area contributed by atoms with Crippen LogP contribution in [0.5, 0.6) is 0 Å². The van der Waals surface area contributed by atoms with E-state index >= 15 is 0 Å². The van der Waals surface area contributed by atoms with E-state index in [4.69, 9.17) is 9.84 Å². The highest BCUT2D eigenvalue weighted by Crippen LogP contribution is 2.21. The zero-order valence-electron chi connectivity index (χ0n) is 13.2. The van der Waals surface area contributed by atoms with Crippen LogP contribution in [-0.4, -0.2) is 27.8 Å². The van der Waals surface area contributed by atoms with Crippen molar-refractivity contribution in [3.63, 3.8) is 0 Å². The van der Waals surface area contributed by atoms with Crippen molar-refractivity contribution in [3.8, 4) is 11.1 Å². The summed E-state index contributed by atoms with van der Waals surface area (Å²) >= 11 is 0. The van der Waals surface area contributed by atoms with E-state index in [2.05, 4.69) is 10.3 Å².